The van der Waals surface area contributed by atoms with Gasteiger partial charge in [-0.25, -0.2) is 4.79 Å². The molecule has 4 rings (SSSR count). The Kier molecular flexibility index (Phi) is 3.87. The van der Waals surface area contributed by atoms with Crippen LogP contribution >= 0.6 is 0 Å². The molecule has 1 atom stereocenters. The highest BCUT2D eigenvalue weighted by molar-refractivity contribution is 5.90. The second-order valence-electron chi connectivity index (χ2n) is 6.29. The van der Waals surface area contributed by atoms with Gasteiger partial charge in [0.25, 0.3) is 0 Å². The number of amides is 2. The average molecular weight is 342 g/mol. The molecule has 2 aromatic heterocycles. The maximum atomic E-state index is 12.2. The van der Waals surface area contributed by atoms with E-state index < -0.39 is 6.09 Å². The van der Waals surface area contributed by atoms with Gasteiger partial charge in [0.1, 0.15) is 11.8 Å². The number of cyclic esters (lactones) is 1. The maximum absolute atomic E-state index is 12.2. The molecule has 1 N–H and O–H groups in total. The zero-order valence-electron chi connectivity index (χ0n) is 13.8. The van der Waals surface area contributed by atoms with Crippen molar-refractivity contribution in [3.8, 4) is 11.5 Å². The molecule has 1 saturated heterocycles. The first-order valence-corrected chi connectivity index (χ1v) is 8.27. The van der Waals surface area contributed by atoms with Gasteiger partial charge in [-0.3, -0.25) is 14.7 Å². The molecular weight excluding hydrogens is 324 g/mol. The summed E-state index contributed by atoms with van der Waals surface area (Å²) in [7, 11) is 0. The van der Waals surface area contributed by atoms with Crippen LogP contribution in [0.25, 0.3) is 11.5 Å². The van der Waals surface area contributed by atoms with Gasteiger partial charge in [0.2, 0.25) is 5.91 Å². The Labute approximate surface area is 144 Å². The number of aryl methyl sites for hydroxylation is 2. The predicted molar refractivity (Wildman–Crippen MR) is 88.1 cm³/mol. The zero-order chi connectivity index (χ0) is 17.4. The SMILES string of the molecule is CC(=O)NC[C@@H]1CN(c2cnc3c(c2)CCCc2cnoc2-3)C(=O)O1. The summed E-state index contributed by atoms with van der Waals surface area (Å²) in [5.74, 6) is 0.565. The largest absolute Gasteiger partial charge is 0.442 e. The first-order chi connectivity index (χ1) is 12.1. The zero-order valence-corrected chi connectivity index (χ0v) is 13.8. The summed E-state index contributed by atoms with van der Waals surface area (Å²) in [4.78, 5) is 29.2. The number of rotatable bonds is 3. The molecule has 1 fully saturated rings. The van der Waals surface area contributed by atoms with Crippen molar-refractivity contribution in [1.82, 2.24) is 15.5 Å². The topological polar surface area (TPSA) is 97.6 Å². The van der Waals surface area contributed by atoms with E-state index in [1.807, 2.05) is 6.07 Å². The second kappa shape index (κ2) is 6.19. The number of hydrogen-bond donors (Lipinski definition) is 1. The first kappa shape index (κ1) is 15.6. The molecular formula is C17H18N4O4. The lowest BCUT2D eigenvalue weighted by molar-refractivity contribution is -0.119. The highest BCUT2D eigenvalue weighted by atomic mass is 16.6. The molecule has 1 aliphatic carbocycles. The molecule has 0 spiro atoms. The highest BCUT2D eigenvalue weighted by Gasteiger charge is 2.33. The van der Waals surface area contributed by atoms with E-state index in [-0.39, 0.29) is 12.0 Å². The van der Waals surface area contributed by atoms with Gasteiger partial charge in [-0.15, -0.1) is 0 Å². The molecule has 2 aliphatic rings. The van der Waals surface area contributed by atoms with Gasteiger partial charge in [0.05, 0.1) is 31.2 Å². The van der Waals surface area contributed by atoms with E-state index in [0.717, 1.165) is 36.1 Å². The Morgan fingerprint density at radius 1 is 1.36 bits per heavy atom. The summed E-state index contributed by atoms with van der Waals surface area (Å²) in [6.07, 6.45) is 5.33. The predicted octanol–water partition coefficient (Wildman–Crippen LogP) is 1.69. The third-order valence-corrected chi connectivity index (χ3v) is 4.47. The van der Waals surface area contributed by atoms with E-state index in [1.165, 1.54) is 6.92 Å². The number of ether oxygens (including phenoxy) is 1. The number of pyridine rings is 1. The van der Waals surface area contributed by atoms with Crippen molar-refractivity contribution >= 4 is 17.7 Å². The normalized spacial score (nSPS) is 19.0. The number of carbonyl (C=O) groups excluding carboxylic acids is 2. The lowest BCUT2D eigenvalue weighted by atomic mass is 10.1. The van der Waals surface area contributed by atoms with Gasteiger partial charge in [-0.05, 0) is 30.9 Å². The van der Waals surface area contributed by atoms with Gasteiger partial charge in [0.15, 0.2) is 5.76 Å². The summed E-state index contributed by atoms with van der Waals surface area (Å²) in [5.41, 5.74) is 3.58. The quantitative estimate of drug-likeness (QED) is 0.911. The van der Waals surface area contributed by atoms with E-state index in [0.29, 0.717) is 24.5 Å². The van der Waals surface area contributed by atoms with Crippen LogP contribution in [0.15, 0.2) is 23.0 Å². The lowest BCUT2D eigenvalue weighted by Gasteiger charge is -2.15. The van der Waals surface area contributed by atoms with Gasteiger partial charge < -0.3 is 14.6 Å². The number of nitrogens with one attached hydrogen (secondary N) is 1. The summed E-state index contributed by atoms with van der Waals surface area (Å²) >= 11 is 0. The van der Waals surface area contributed by atoms with E-state index in [4.69, 9.17) is 9.26 Å². The minimum atomic E-state index is -0.425. The highest BCUT2D eigenvalue weighted by Crippen LogP contribution is 2.33. The summed E-state index contributed by atoms with van der Waals surface area (Å²) < 4.78 is 10.7. The Bertz CT molecular complexity index is 832. The molecule has 2 amide bonds. The number of hydrogen-bond acceptors (Lipinski definition) is 6. The number of anilines is 1. The van der Waals surface area contributed by atoms with Crippen LogP contribution in [-0.4, -0.2) is 41.3 Å². The Morgan fingerprint density at radius 3 is 3.04 bits per heavy atom. The lowest BCUT2D eigenvalue weighted by Crippen LogP contribution is -2.33. The molecule has 0 saturated carbocycles. The maximum Gasteiger partial charge on any atom is 0.414 e. The van der Waals surface area contributed by atoms with Crippen LogP contribution in [0.5, 0.6) is 0 Å². The van der Waals surface area contributed by atoms with Gasteiger partial charge >= 0.3 is 6.09 Å². The van der Waals surface area contributed by atoms with E-state index >= 15 is 0 Å². The molecule has 0 aromatic carbocycles. The van der Waals surface area contributed by atoms with Crippen LogP contribution in [0.2, 0.25) is 0 Å². The summed E-state index contributed by atoms with van der Waals surface area (Å²) in [5, 5.41) is 6.54. The summed E-state index contributed by atoms with van der Waals surface area (Å²) in [6.45, 7) is 2.12. The number of aromatic nitrogens is 2. The van der Waals surface area contributed by atoms with Gasteiger partial charge in [0, 0.05) is 12.5 Å². The van der Waals surface area contributed by atoms with Gasteiger partial charge in [-0.2, -0.15) is 0 Å². The van der Waals surface area contributed by atoms with E-state index in [1.54, 1.807) is 17.3 Å². The van der Waals surface area contributed by atoms with Crippen molar-refractivity contribution in [3.63, 3.8) is 0 Å². The Hall–Kier alpha value is -2.90. The Morgan fingerprint density at radius 2 is 2.20 bits per heavy atom. The molecule has 0 unspecified atom stereocenters. The van der Waals surface area contributed by atoms with Crippen LogP contribution in [0.4, 0.5) is 10.5 Å². The third-order valence-electron chi connectivity index (χ3n) is 4.47. The molecule has 1 aliphatic heterocycles. The van der Waals surface area contributed by atoms with Crippen LogP contribution < -0.4 is 10.2 Å². The number of carbonyl (C=O) groups is 2. The minimum absolute atomic E-state index is 0.149. The molecule has 8 heteroatoms. The molecule has 130 valence electrons. The van der Waals surface area contributed by atoms with Crippen LogP contribution in [-0.2, 0) is 22.4 Å². The number of nitrogens with zero attached hydrogens (tertiary/aromatic N) is 3. The van der Waals surface area contributed by atoms with Crippen molar-refractivity contribution in [1.29, 1.82) is 0 Å². The van der Waals surface area contributed by atoms with Crippen molar-refractivity contribution in [2.75, 3.05) is 18.0 Å². The minimum Gasteiger partial charge on any atom is -0.442 e. The fourth-order valence-corrected chi connectivity index (χ4v) is 3.24. The first-order valence-electron chi connectivity index (χ1n) is 8.27. The van der Waals surface area contributed by atoms with Crippen LogP contribution in [0.1, 0.15) is 24.5 Å². The molecule has 3 heterocycles. The summed E-state index contributed by atoms with van der Waals surface area (Å²) in [6, 6.07) is 1.96. The third kappa shape index (κ3) is 2.95. The van der Waals surface area contributed by atoms with Crippen LogP contribution in [0.3, 0.4) is 0 Å². The fraction of sp³-hybridized carbons (Fsp3) is 0.412. The standard InChI is InChI=1S/C17H18N4O4/c1-10(22)18-8-14-9-21(17(23)24-14)13-5-11-3-2-4-12-6-20-25-16(12)15(11)19-7-13/h5-7,14H,2-4,8-9H2,1H3,(H,18,22)/t14-/m1/s1. The van der Waals surface area contributed by atoms with Crippen molar-refractivity contribution in [3.05, 3.63) is 29.6 Å². The van der Waals surface area contributed by atoms with Gasteiger partial charge in [-0.1, -0.05) is 5.16 Å². The fourth-order valence-electron chi connectivity index (χ4n) is 3.24. The monoisotopic (exact) mass is 342 g/mol. The molecule has 8 nitrogen and oxygen atoms in total. The molecule has 0 radical (unpaired) electrons. The van der Waals surface area contributed by atoms with E-state index in [2.05, 4.69) is 15.5 Å². The van der Waals surface area contributed by atoms with E-state index in [9.17, 15) is 9.59 Å². The average Bonchev–Trinajstić information content (AvgIpc) is 3.15. The van der Waals surface area contributed by atoms with Crippen molar-refractivity contribution < 1.29 is 18.8 Å². The molecule has 0 bridgehead atoms. The smallest absolute Gasteiger partial charge is 0.414 e. The number of fused-ring (bicyclic) bond motifs is 3. The van der Waals surface area contributed by atoms with Crippen molar-refractivity contribution in [2.45, 2.75) is 32.3 Å². The molecule has 25 heavy (non-hydrogen) atoms. The molecule has 2 aromatic rings. The van der Waals surface area contributed by atoms with Crippen molar-refractivity contribution in [2.24, 2.45) is 0 Å². The van der Waals surface area contributed by atoms with Crippen LogP contribution in [0, 0.1) is 0 Å². The Balaban J connectivity index is 1.58. The second-order valence-corrected chi connectivity index (χ2v) is 6.29.